The Morgan fingerprint density at radius 3 is 2.64 bits per heavy atom. The molecule has 0 radical (unpaired) electrons. The van der Waals surface area contributed by atoms with Crippen LogP contribution in [0.1, 0.15) is 34.7 Å². The van der Waals surface area contributed by atoms with E-state index in [1.54, 1.807) is 6.07 Å². The van der Waals surface area contributed by atoms with E-state index in [4.69, 9.17) is 16.6 Å². The normalized spacial score (nSPS) is 17.3. The Morgan fingerprint density at radius 1 is 1.00 bits per heavy atom. The zero-order chi connectivity index (χ0) is 31.3. The largest absolute Gasteiger partial charge is 0.356 e. The van der Waals surface area contributed by atoms with Gasteiger partial charge in [0.1, 0.15) is 5.82 Å². The first-order valence-electron chi connectivity index (χ1n) is 15.5. The van der Waals surface area contributed by atoms with E-state index in [2.05, 4.69) is 37.4 Å². The van der Waals surface area contributed by atoms with Crippen molar-refractivity contribution in [3.63, 3.8) is 0 Å². The predicted molar refractivity (Wildman–Crippen MR) is 177 cm³/mol. The number of amides is 1. The van der Waals surface area contributed by atoms with Gasteiger partial charge in [0.15, 0.2) is 0 Å². The van der Waals surface area contributed by atoms with Gasteiger partial charge < -0.3 is 20.4 Å². The lowest BCUT2D eigenvalue weighted by atomic mass is 9.92. The second kappa shape index (κ2) is 14.0. The summed E-state index contributed by atoms with van der Waals surface area (Å²) in [7, 11) is 4.13. The van der Waals surface area contributed by atoms with E-state index in [0.29, 0.717) is 36.0 Å². The molecule has 10 heteroatoms. The van der Waals surface area contributed by atoms with E-state index in [-0.39, 0.29) is 17.8 Å². The van der Waals surface area contributed by atoms with Gasteiger partial charge in [-0.15, -0.1) is 0 Å². The number of aromatic nitrogens is 2. The van der Waals surface area contributed by atoms with Crippen molar-refractivity contribution in [1.29, 1.82) is 0 Å². The van der Waals surface area contributed by atoms with Gasteiger partial charge in [0.2, 0.25) is 11.9 Å². The highest BCUT2D eigenvalue weighted by molar-refractivity contribution is 6.30. The fourth-order valence-electron chi connectivity index (χ4n) is 6.23. The van der Waals surface area contributed by atoms with E-state index in [1.807, 2.05) is 67.8 Å². The molecule has 3 aromatic carbocycles. The summed E-state index contributed by atoms with van der Waals surface area (Å²) in [6.45, 7) is 6.58. The topological polar surface area (TPSA) is 76.6 Å². The average molecular weight is 628 g/mol. The molecular weight excluding hydrogens is 589 g/mol. The van der Waals surface area contributed by atoms with Crippen LogP contribution in [0.3, 0.4) is 0 Å². The summed E-state index contributed by atoms with van der Waals surface area (Å²) >= 11 is 6.47. The summed E-state index contributed by atoms with van der Waals surface area (Å²) in [4.78, 5) is 29.1. The molecule has 8 nitrogen and oxygen atoms in total. The molecule has 2 aliphatic heterocycles. The minimum Gasteiger partial charge on any atom is -0.356 e. The molecule has 3 heterocycles. The number of halogens is 2. The number of piperazine rings is 1. The van der Waals surface area contributed by atoms with Gasteiger partial charge >= 0.3 is 0 Å². The molecule has 1 amide bonds. The van der Waals surface area contributed by atoms with Crippen LogP contribution in [0.2, 0.25) is 5.02 Å². The molecule has 0 saturated carbocycles. The van der Waals surface area contributed by atoms with E-state index >= 15 is 4.39 Å². The van der Waals surface area contributed by atoms with Crippen molar-refractivity contribution in [2.24, 2.45) is 0 Å². The number of anilines is 2. The van der Waals surface area contributed by atoms with Crippen LogP contribution in [0.5, 0.6) is 0 Å². The molecule has 2 N–H and O–H groups in total. The Hall–Kier alpha value is -3.89. The first-order valence-corrected chi connectivity index (χ1v) is 15.9. The van der Waals surface area contributed by atoms with Crippen molar-refractivity contribution in [1.82, 2.24) is 30.0 Å². The molecule has 4 aromatic rings. The Balaban J connectivity index is 1.14. The van der Waals surface area contributed by atoms with Crippen LogP contribution in [0, 0.1) is 5.82 Å². The van der Waals surface area contributed by atoms with Gasteiger partial charge in [0, 0.05) is 72.9 Å². The highest BCUT2D eigenvalue weighted by Gasteiger charge is 2.30. The predicted octanol–water partition coefficient (Wildman–Crippen LogP) is 5.51. The number of hydrogen-bond donors (Lipinski definition) is 2. The lowest BCUT2D eigenvalue weighted by Gasteiger charge is -2.32. The maximum absolute atomic E-state index is 15.1. The highest BCUT2D eigenvalue weighted by Crippen LogP contribution is 2.42. The number of carbonyl (C=O) groups excluding carboxylic acids is 1. The van der Waals surface area contributed by atoms with Gasteiger partial charge in [-0.25, -0.2) is 14.4 Å². The number of nitrogens with one attached hydrogen (secondary N) is 2. The van der Waals surface area contributed by atoms with Gasteiger partial charge in [-0.3, -0.25) is 9.69 Å². The zero-order valence-corrected chi connectivity index (χ0v) is 26.5. The van der Waals surface area contributed by atoms with Gasteiger partial charge in [-0.1, -0.05) is 48.0 Å². The fourth-order valence-corrected chi connectivity index (χ4v) is 6.41. The lowest BCUT2D eigenvalue weighted by molar-refractivity contribution is -0.120. The zero-order valence-electron chi connectivity index (χ0n) is 25.8. The van der Waals surface area contributed by atoms with Crippen molar-refractivity contribution < 1.29 is 9.18 Å². The van der Waals surface area contributed by atoms with Crippen LogP contribution in [0.15, 0.2) is 72.9 Å². The Kier molecular flexibility index (Phi) is 9.70. The van der Waals surface area contributed by atoms with Crippen molar-refractivity contribution in [3.8, 4) is 11.3 Å². The molecule has 234 valence electrons. The Morgan fingerprint density at radius 2 is 1.82 bits per heavy atom. The molecule has 0 aliphatic carbocycles. The number of fused-ring (bicyclic) bond motifs is 3. The monoisotopic (exact) mass is 627 g/mol. The van der Waals surface area contributed by atoms with Crippen LogP contribution in [-0.2, 0) is 17.8 Å². The summed E-state index contributed by atoms with van der Waals surface area (Å²) in [5.74, 6) is 0.182. The third-order valence-corrected chi connectivity index (χ3v) is 8.84. The van der Waals surface area contributed by atoms with Crippen molar-refractivity contribution in [2.45, 2.75) is 25.4 Å². The SMILES string of the molecule is CN1CCN(CCCNC(=O)Cc2cccc(Nc3ncc4c(n3)-c3ccc(Cl)cc3C(c3ccccc3F)N(C)C4)c2)CC1. The van der Waals surface area contributed by atoms with Crippen LogP contribution in [0.25, 0.3) is 11.3 Å². The van der Waals surface area contributed by atoms with E-state index < -0.39 is 0 Å². The molecule has 1 fully saturated rings. The van der Waals surface area contributed by atoms with Crippen molar-refractivity contribution >= 4 is 29.1 Å². The second-order valence-corrected chi connectivity index (χ2v) is 12.4. The molecule has 1 unspecified atom stereocenters. The maximum Gasteiger partial charge on any atom is 0.227 e. The van der Waals surface area contributed by atoms with Gasteiger partial charge in [-0.05, 0) is 68.5 Å². The number of nitrogens with zero attached hydrogens (tertiary/aromatic N) is 5. The van der Waals surface area contributed by atoms with Crippen molar-refractivity contribution in [2.75, 3.05) is 58.7 Å². The molecule has 1 atom stereocenters. The second-order valence-electron chi connectivity index (χ2n) is 12.0. The molecule has 45 heavy (non-hydrogen) atoms. The lowest BCUT2D eigenvalue weighted by Crippen LogP contribution is -2.45. The maximum atomic E-state index is 15.1. The standard InChI is InChI=1S/C35H39ClFN7O/c1-42-15-17-44(18-16-42)14-6-13-38-32(45)20-24-7-5-8-27(19-24)40-35-39-22-25-23-43(2)34(29-9-3-4-10-31(29)37)30-21-26(36)11-12-28(30)33(25)41-35/h3-5,7-12,19,21-22,34H,6,13-18,20,23H2,1-2H3,(H,38,45)(H,39,40,41). The van der Waals surface area contributed by atoms with Crippen LogP contribution in [-0.4, -0.2) is 83.9 Å². The average Bonchev–Trinajstić information content (AvgIpc) is 3.13. The van der Waals surface area contributed by atoms with Gasteiger partial charge in [-0.2, -0.15) is 0 Å². The summed E-state index contributed by atoms with van der Waals surface area (Å²) in [6, 6.07) is 20.0. The van der Waals surface area contributed by atoms with Gasteiger partial charge in [0.25, 0.3) is 0 Å². The van der Waals surface area contributed by atoms with E-state index in [0.717, 1.165) is 72.8 Å². The summed E-state index contributed by atoms with van der Waals surface area (Å²) in [6.07, 6.45) is 3.06. The Labute approximate surface area is 269 Å². The first-order chi connectivity index (χ1) is 21.8. The number of benzene rings is 3. The third kappa shape index (κ3) is 7.50. The Bertz CT molecular complexity index is 1660. The number of carbonyl (C=O) groups is 1. The molecule has 6 rings (SSSR count). The molecular formula is C35H39ClFN7O. The van der Waals surface area contributed by atoms with Crippen LogP contribution >= 0.6 is 11.6 Å². The smallest absolute Gasteiger partial charge is 0.227 e. The third-order valence-electron chi connectivity index (χ3n) is 8.61. The van der Waals surface area contributed by atoms with Gasteiger partial charge in [0.05, 0.1) is 18.2 Å². The quantitative estimate of drug-likeness (QED) is 0.237. The molecule has 1 saturated heterocycles. The van der Waals surface area contributed by atoms with E-state index in [9.17, 15) is 4.79 Å². The molecule has 2 aliphatic rings. The summed E-state index contributed by atoms with van der Waals surface area (Å²) < 4.78 is 15.1. The minimum atomic E-state index is -0.347. The molecule has 0 bridgehead atoms. The van der Waals surface area contributed by atoms with Crippen molar-refractivity contribution in [3.05, 3.63) is 106 Å². The fraction of sp³-hybridized carbons (Fsp3) is 0.343. The number of likely N-dealkylation sites (N-methyl/N-ethyl adjacent to an activating group) is 1. The summed E-state index contributed by atoms with van der Waals surface area (Å²) in [5, 5.41) is 6.97. The van der Waals surface area contributed by atoms with E-state index in [1.165, 1.54) is 6.07 Å². The highest BCUT2D eigenvalue weighted by atomic mass is 35.5. The first kappa shape index (κ1) is 31.1. The minimum absolute atomic E-state index is 0.00982. The number of hydrogen-bond acceptors (Lipinski definition) is 7. The van der Waals surface area contributed by atoms with Crippen LogP contribution in [0.4, 0.5) is 16.0 Å². The molecule has 0 spiro atoms. The van der Waals surface area contributed by atoms with Crippen LogP contribution < -0.4 is 10.6 Å². The number of rotatable bonds is 9. The summed E-state index contributed by atoms with van der Waals surface area (Å²) in [5.41, 5.74) is 5.76. The molecule has 1 aromatic heterocycles.